The van der Waals surface area contributed by atoms with E-state index in [0.717, 1.165) is 13.0 Å². The summed E-state index contributed by atoms with van der Waals surface area (Å²) in [5, 5.41) is 0. The van der Waals surface area contributed by atoms with Gasteiger partial charge in [-0.25, -0.2) is 4.98 Å². The maximum atomic E-state index is 11.4. The Hall–Kier alpha value is -2.30. The van der Waals surface area contributed by atoms with Crippen LogP contribution in [0.2, 0.25) is 0 Å². The van der Waals surface area contributed by atoms with Gasteiger partial charge < -0.3 is 15.6 Å². The highest BCUT2D eigenvalue weighted by Crippen LogP contribution is 2.13. The number of hydrogen-bond acceptors (Lipinski definition) is 4. The summed E-state index contributed by atoms with van der Waals surface area (Å²) in [6.07, 6.45) is 2.25. The molecule has 1 heterocycles. The van der Waals surface area contributed by atoms with E-state index in [1.54, 1.807) is 0 Å². The molecular weight excluding hydrogens is 228 g/mol. The summed E-state index contributed by atoms with van der Waals surface area (Å²) in [7, 11) is 1.88. The minimum Gasteiger partial charge on any atom is -0.391 e. The van der Waals surface area contributed by atoms with Crippen LogP contribution in [0.4, 0.5) is 11.5 Å². The van der Waals surface area contributed by atoms with E-state index < -0.39 is 0 Å². The lowest BCUT2D eigenvalue weighted by molar-refractivity contribution is 0.855. The van der Waals surface area contributed by atoms with Crippen molar-refractivity contribution in [1.82, 2.24) is 9.97 Å². The number of nitrogens with zero attached hydrogens (tertiary/aromatic N) is 2. The maximum absolute atomic E-state index is 11.4. The van der Waals surface area contributed by atoms with Crippen LogP contribution in [0.3, 0.4) is 0 Å². The summed E-state index contributed by atoms with van der Waals surface area (Å²) in [4.78, 5) is 19.8. The van der Waals surface area contributed by atoms with E-state index in [1.807, 2.05) is 30.1 Å². The number of aromatic amines is 1. The fraction of sp³-hybridized carbons (Fsp3) is 0.231. The van der Waals surface area contributed by atoms with Gasteiger partial charge in [-0.1, -0.05) is 30.3 Å². The summed E-state index contributed by atoms with van der Waals surface area (Å²) in [6.45, 7) is 0.755. The molecule has 0 bridgehead atoms. The largest absolute Gasteiger partial charge is 0.391 e. The van der Waals surface area contributed by atoms with Gasteiger partial charge in [-0.2, -0.15) is 0 Å². The lowest BCUT2D eigenvalue weighted by Gasteiger charge is -2.18. The highest BCUT2D eigenvalue weighted by Gasteiger charge is 2.09. The zero-order valence-electron chi connectivity index (χ0n) is 10.3. The Morgan fingerprint density at radius 2 is 2.06 bits per heavy atom. The topological polar surface area (TPSA) is 75.0 Å². The molecule has 0 saturated heterocycles. The highest BCUT2D eigenvalue weighted by atomic mass is 16.1. The lowest BCUT2D eigenvalue weighted by atomic mass is 10.1. The van der Waals surface area contributed by atoms with E-state index in [4.69, 9.17) is 5.73 Å². The average molecular weight is 244 g/mol. The normalized spacial score (nSPS) is 10.3. The molecule has 0 amide bonds. The number of H-pyrrole nitrogens is 1. The SMILES string of the molecule is CN(CCc1ccccc1)c1nc[nH]c(=O)c1N. The molecule has 0 unspecified atom stereocenters. The van der Waals surface area contributed by atoms with Gasteiger partial charge in [-0.15, -0.1) is 0 Å². The molecule has 0 aliphatic rings. The molecule has 5 heteroatoms. The number of nitrogens with two attached hydrogens (primary N) is 1. The predicted octanol–water partition coefficient (Wildman–Crippen LogP) is 1.03. The van der Waals surface area contributed by atoms with Crippen LogP contribution in [-0.2, 0) is 6.42 Å². The van der Waals surface area contributed by atoms with Gasteiger partial charge in [0.05, 0.1) is 6.33 Å². The van der Waals surface area contributed by atoms with Gasteiger partial charge in [0.15, 0.2) is 5.82 Å². The van der Waals surface area contributed by atoms with Crippen LogP contribution >= 0.6 is 0 Å². The van der Waals surface area contributed by atoms with E-state index in [1.165, 1.54) is 11.9 Å². The molecule has 0 saturated carbocycles. The summed E-state index contributed by atoms with van der Waals surface area (Å²) in [5.41, 5.74) is 6.81. The number of hydrogen-bond donors (Lipinski definition) is 2. The van der Waals surface area contributed by atoms with Crippen molar-refractivity contribution in [2.24, 2.45) is 0 Å². The summed E-state index contributed by atoms with van der Waals surface area (Å²) in [5.74, 6) is 0.523. The lowest BCUT2D eigenvalue weighted by Crippen LogP contribution is -2.26. The van der Waals surface area contributed by atoms with Gasteiger partial charge in [0, 0.05) is 13.6 Å². The first-order valence-electron chi connectivity index (χ1n) is 5.76. The van der Waals surface area contributed by atoms with Crippen molar-refractivity contribution in [2.45, 2.75) is 6.42 Å². The minimum atomic E-state index is -0.299. The molecule has 0 spiro atoms. The number of nitrogen functional groups attached to an aromatic ring is 1. The Morgan fingerprint density at radius 3 is 2.78 bits per heavy atom. The molecule has 2 aromatic rings. The van der Waals surface area contributed by atoms with Gasteiger partial charge in [-0.05, 0) is 12.0 Å². The van der Waals surface area contributed by atoms with Gasteiger partial charge in [0.25, 0.3) is 5.56 Å². The molecule has 0 aliphatic heterocycles. The Kier molecular flexibility index (Phi) is 3.62. The summed E-state index contributed by atoms with van der Waals surface area (Å²) >= 11 is 0. The molecule has 0 aliphatic carbocycles. The van der Waals surface area contributed by atoms with Crippen LogP contribution in [-0.4, -0.2) is 23.6 Å². The molecule has 2 rings (SSSR count). The fourth-order valence-electron chi connectivity index (χ4n) is 1.75. The van der Waals surface area contributed by atoms with E-state index in [9.17, 15) is 4.79 Å². The molecule has 0 radical (unpaired) electrons. The van der Waals surface area contributed by atoms with Crippen molar-refractivity contribution in [1.29, 1.82) is 0 Å². The second-order valence-corrected chi connectivity index (χ2v) is 4.13. The molecule has 3 N–H and O–H groups in total. The number of anilines is 2. The third-order valence-corrected chi connectivity index (χ3v) is 2.81. The molecule has 0 atom stereocenters. The maximum Gasteiger partial charge on any atom is 0.276 e. The van der Waals surface area contributed by atoms with Gasteiger partial charge in [0.1, 0.15) is 5.69 Å². The quantitative estimate of drug-likeness (QED) is 0.842. The van der Waals surface area contributed by atoms with Crippen LogP contribution in [0.15, 0.2) is 41.5 Å². The smallest absolute Gasteiger partial charge is 0.276 e. The highest BCUT2D eigenvalue weighted by molar-refractivity contribution is 5.60. The van der Waals surface area contributed by atoms with E-state index >= 15 is 0 Å². The third kappa shape index (κ3) is 2.68. The summed E-state index contributed by atoms with van der Waals surface area (Å²) < 4.78 is 0. The van der Waals surface area contributed by atoms with Crippen molar-refractivity contribution in [3.63, 3.8) is 0 Å². The molecule has 0 fully saturated rings. The van der Waals surface area contributed by atoms with Crippen molar-refractivity contribution in [3.8, 4) is 0 Å². The first-order chi connectivity index (χ1) is 8.68. The van der Waals surface area contributed by atoms with Crippen molar-refractivity contribution in [3.05, 3.63) is 52.6 Å². The standard InChI is InChI=1S/C13H16N4O/c1-17(8-7-10-5-3-2-4-6-10)12-11(14)13(18)16-9-15-12/h2-6,9H,7-8,14H2,1H3,(H,15,16,18). The predicted molar refractivity (Wildman–Crippen MR) is 72.7 cm³/mol. The first-order valence-corrected chi connectivity index (χ1v) is 5.76. The van der Waals surface area contributed by atoms with Crippen LogP contribution in [0, 0.1) is 0 Å². The average Bonchev–Trinajstić information content (AvgIpc) is 2.40. The molecule has 1 aromatic heterocycles. The molecule has 94 valence electrons. The Labute approximate surface area is 105 Å². The number of rotatable bonds is 4. The van der Waals surface area contributed by atoms with Crippen molar-refractivity contribution >= 4 is 11.5 Å². The second kappa shape index (κ2) is 5.35. The fourth-order valence-corrected chi connectivity index (χ4v) is 1.75. The molecule has 18 heavy (non-hydrogen) atoms. The number of nitrogens with one attached hydrogen (secondary N) is 1. The molecule has 1 aromatic carbocycles. The zero-order chi connectivity index (χ0) is 13.0. The number of likely N-dealkylation sites (N-methyl/N-ethyl adjacent to an activating group) is 1. The number of aromatic nitrogens is 2. The van der Waals surface area contributed by atoms with Crippen molar-refractivity contribution < 1.29 is 0 Å². The van der Waals surface area contributed by atoms with Crippen LogP contribution in [0.1, 0.15) is 5.56 Å². The van der Waals surface area contributed by atoms with Gasteiger partial charge in [0.2, 0.25) is 0 Å². The first kappa shape index (κ1) is 12.2. The van der Waals surface area contributed by atoms with Crippen LogP contribution in [0.5, 0.6) is 0 Å². The van der Waals surface area contributed by atoms with E-state index in [0.29, 0.717) is 5.82 Å². The Bertz CT molecular complexity index is 565. The van der Waals surface area contributed by atoms with Gasteiger partial charge in [-0.3, -0.25) is 4.79 Å². The Morgan fingerprint density at radius 1 is 1.33 bits per heavy atom. The minimum absolute atomic E-state index is 0.160. The molecule has 5 nitrogen and oxygen atoms in total. The van der Waals surface area contributed by atoms with E-state index in [-0.39, 0.29) is 11.2 Å². The van der Waals surface area contributed by atoms with Crippen LogP contribution in [0.25, 0.3) is 0 Å². The Balaban J connectivity index is 2.06. The van der Waals surface area contributed by atoms with Crippen molar-refractivity contribution in [2.75, 3.05) is 24.2 Å². The van der Waals surface area contributed by atoms with E-state index in [2.05, 4.69) is 22.1 Å². The third-order valence-electron chi connectivity index (χ3n) is 2.81. The molecular formula is C13H16N4O. The summed E-state index contributed by atoms with van der Waals surface area (Å²) in [6, 6.07) is 10.2. The number of benzene rings is 1. The monoisotopic (exact) mass is 244 g/mol. The second-order valence-electron chi connectivity index (χ2n) is 4.13. The van der Waals surface area contributed by atoms with Gasteiger partial charge >= 0.3 is 0 Å². The van der Waals surface area contributed by atoms with Crippen LogP contribution < -0.4 is 16.2 Å². The zero-order valence-corrected chi connectivity index (χ0v) is 10.3.